The highest BCUT2D eigenvalue weighted by molar-refractivity contribution is 7.89. The second-order valence-corrected chi connectivity index (χ2v) is 10.3. The number of nitrogens with zero attached hydrogens (tertiary/aromatic N) is 2. The molecule has 0 unspecified atom stereocenters. The summed E-state index contributed by atoms with van der Waals surface area (Å²) in [6, 6.07) is 6.50. The third-order valence-corrected chi connectivity index (χ3v) is 7.51. The molecule has 1 aromatic rings. The summed E-state index contributed by atoms with van der Waals surface area (Å²) >= 11 is 0. The van der Waals surface area contributed by atoms with E-state index >= 15 is 0 Å². The van der Waals surface area contributed by atoms with E-state index in [0.29, 0.717) is 44.8 Å². The highest BCUT2D eigenvalue weighted by atomic mass is 32.2. The first-order valence-corrected chi connectivity index (χ1v) is 11.9. The molecule has 160 valence electrons. The number of hydrogen-bond acceptors (Lipinski definition) is 4. The minimum Gasteiger partial charge on any atom is -0.356 e. The molecule has 0 saturated carbocycles. The van der Waals surface area contributed by atoms with Gasteiger partial charge in [0.2, 0.25) is 21.8 Å². The number of carbonyl (C=O) groups is 2. The molecule has 2 heterocycles. The monoisotopic (exact) mass is 421 g/mol. The molecular formula is C21H31N3O4S. The smallest absolute Gasteiger partial charge is 0.243 e. The van der Waals surface area contributed by atoms with E-state index in [2.05, 4.69) is 19.2 Å². The Bertz CT molecular complexity index is 836. The maximum Gasteiger partial charge on any atom is 0.243 e. The summed E-state index contributed by atoms with van der Waals surface area (Å²) < 4.78 is 27.6. The Morgan fingerprint density at radius 3 is 2.52 bits per heavy atom. The molecule has 29 heavy (non-hydrogen) atoms. The zero-order chi connectivity index (χ0) is 21.0. The Kier molecular flexibility index (Phi) is 6.95. The maximum atomic E-state index is 13.1. The first-order valence-electron chi connectivity index (χ1n) is 10.5. The Hall–Kier alpha value is -1.93. The molecule has 1 aromatic carbocycles. The second kappa shape index (κ2) is 9.26. The van der Waals surface area contributed by atoms with Crippen molar-refractivity contribution in [3.8, 4) is 0 Å². The SMILES string of the molecule is CC(C)CCNC(=O)[C@@H]1CCCN(S(=O)(=O)c2ccc(N3CCCC3=O)cc2)C1. The van der Waals surface area contributed by atoms with E-state index in [4.69, 9.17) is 0 Å². The number of carbonyl (C=O) groups excluding carboxylic acids is 2. The van der Waals surface area contributed by atoms with Crippen LogP contribution in [-0.2, 0) is 19.6 Å². The van der Waals surface area contributed by atoms with Crippen molar-refractivity contribution in [3.05, 3.63) is 24.3 Å². The van der Waals surface area contributed by atoms with Crippen molar-refractivity contribution in [1.29, 1.82) is 0 Å². The molecule has 0 bridgehead atoms. The number of nitrogens with one attached hydrogen (secondary N) is 1. The highest BCUT2D eigenvalue weighted by Gasteiger charge is 2.33. The molecule has 0 aliphatic carbocycles. The predicted octanol–water partition coefficient (Wildman–Crippen LogP) is 2.38. The van der Waals surface area contributed by atoms with E-state index in [1.54, 1.807) is 29.2 Å². The Morgan fingerprint density at radius 2 is 1.90 bits per heavy atom. The Morgan fingerprint density at radius 1 is 1.17 bits per heavy atom. The topological polar surface area (TPSA) is 86.8 Å². The van der Waals surface area contributed by atoms with Gasteiger partial charge in [0.15, 0.2) is 0 Å². The van der Waals surface area contributed by atoms with Gasteiger partial charge in [0.1, 0.15) is 0 Å². The van der Waals surface area contributed by atoms with E-state index < -0.39 is 10.0 Å². The summed E-state index contributed by atoms with van der Waals surface area (Å²) in [6.45, 7) is 6.13. The molecule has 0 radical (unpaired) electrons. The summed E-state index contributed by atoms with van der Waals surface area (Å²) in [4.78, 5) is 26.2. The van der Waals surface area contributed by atoms with Crippen LogP contribution in [-0.4, -0.2) is 50.7 Å². The second-order valence-electron chi connectivity index (χ2n) is 8.32. The fourth-order valence-electron chi connectivity index (χ4n) is 3.87. The molecule has 1 atom stereocenters. The van der Waals surface area contributed by atoms with E-state index in [1.807, 2.05) is 0 Å². The van der Waals surface area contributed by atoms with Crippen LogP contribution < -0.4 is 10.2 Å². The summed E-state index contributed by atoms with van der Waals surface area (Å²) in [7, 11) is -3.67. The first-order chi connectivity index (χ1) is 13.8. The van der Waals surface area contributed by atoms with E-state index in [0.717, 1.165) is 18.5 Å². The van der Waals surface area contributed by atoms with Crippen molar-refractivity contribution >= 4 is 27.5 Å². The summed E-state index contributed by atoms with van der Waals surface area (Å²) in [5, 5.41) is 2.94. The van der Waals surface area contributed by atoms with Crippen molar-refractivity contribution in [2.24, 2.45) is 11.8 Å². The number of rotatable bonds is 7. The van der Waals surface area contributed by atoms with Crippen molar-refractivity contribution in [2.45, 2.75) is 50.8 Å². The van der Waals surface area contributed by atoms with Crippen LogP contribution in [0.25, 0.3) is 0 Å². The zero-order valence-corrected chi connectivity index (χ0v) is 18.1. The normalized spacial score (nSPS) is 21.0. The van der Waals surface area contributed by atoms with Gasteiger partial charge >= 0.3 is 0 Å². The average Bonchev–Trinajstić information content (AvgIpc) is 3.13. The van der Waals surface area contributed by atoms with Gasteiger partial charge in [-0.2, -0.15) is 4.31 Å². The van der Waals surface area contributed by atoms with Crippen LogP contribution in [0.3, 0.4) is 0 Å². The number of piperidine rings is 1. The van der Waals surface area contributed by atoms with Crippen molar-refractivity contribution < 1.29 is 18.0 Å². The number of amides is 2. The molecule has 7 nitrogen and oxygen atoms in total. The van der Waals surface area contributed by atoms with Crippen LogP contribution in [0.4, 0.5) is 5.69 Å². The first kappa shape index (κ1) is 21.8. The maximum absolute atomic E-state index is 13.1. The quantitative estimate of drug-likeness (QED) is 0.732. The molecule has 1 N–H and O–H groups in total. The van der Waals surface area contributed by atoms with Gasteiger partial charge in [-0.1, -0.05) is 13.8 Å². The van der Waals surface area contributed by atoms with Crippen molar-refractivity contribution in [2.75, 3.05) is 31.1 Å². The molecule has 0 aromatic heterocycles. The third-order valence-electron chi connectivity index (χ3n) is 5.64. The third kappa shape index (κ3) is 5.17. The molecule has 2 aliphatic rings. The number of anilines is 1. The fraction of sp³-hybridized carbons (Fsp3) is 0.619. The van der Waals surface area contributed by atoms with E-state index in [1.165, 1.54) is 4.31 Å². The predicted molar refractivity (Wildman–Crippen MR) is 112 cm³/mol. The summed E-state index contributed by atoms with van der Waals surface area (Å²) in [6.07, 6.45) is 3.64. The van der Waals surface area contributed by atoms with Gasteiger partial charge in [0.05, 0.1) is 10.8 Å². The van der Waals surface area contributed by atoms with E-state index in [-0.39, 0.29) is 29.2 Å². The lowest BCUT2D eigenvalue weighted by Gasteiger charge is -2.31. The lowest BCUT2D eigenvalue weighted by Crippen LogP contribution is -2.45. The minimum absolute atomic E-state index is 0.0616. The van der Waals surface area contributed by atoms with Crippen LogP contribution in [0, 0.1) is 11.8 Å². The summed E-state index contributed by atoms with van der Waals surface area (Å²) in [5.41, 5.74) is 0.729. The largest absolute Gasteiger partial charge is 0.356 e. The molecule has 2 fully saturated rings. The zero-order valence-electron chi connectivity index (χ0n) is 17.3. The van der Waals surface area contributed by atoms with Gasteiger partial charge in [0.25, 0.3) is 0 Å². The molecule has 0 spiro atoms. The van der Waals surface area contributed by atoms with Crippen LogP contribution in [0.15, 0.2) is 29.2 Å². The molecule has 2 aliphatic heterocycles. The highest BCUT2D eigenvalue weighted by Crippen LogP contribution is 2.27. The molecule has 8 heteroatoms. The molecule has 2 saturated heterocycles. The lowest BCUT2D eigenvalue weighted by atomic mass is 9.98. The van der Waals surface area contributed by atoms with Crippen LogP contribution >= 0.6 is 0 Å². The number of hydrogen-bond donors (Lipinski definition) is 1. The van der Waals surface area contributed by atoms with Crippen molar-refractivity contribution in [3.63, 3.8) is 0 Å². The standard InChI is InChI=1S/C21H31N3O4S/c1-16(2)11-12-22-21(26)17-5-3-13-23(15-17)29(27,28)19-9-7-18(8-10-19)24-14-4-6-20(24)25/h7-10,16-17H,3-6,11-15H2,1-2H3,(H,22,26)/t17-/m1/s1. The van der Waals surface area contributed by atoms with Crippen LogP contribution in [0.2, 0.25) is 0 Å². The van der Waals surface area contributed by atoms with Gasteiger partial charge in [-0.15, -0.1) is 0 Å². The lowest BCUT2D eigenvalue weighted by molar-refractivity contribution is -0.126. The fourth-order valence-corrected chi connectivity index (χ4v) is 5.40. The van der Waals surface area contributed by atoms with Crippen LogP contribution in [0.1, 0.15) is 46.0 Å². The van der Waals surface area contributed by atoms with Gasteiger partial charge in [-0.25, -0.2) is 8.42 Å². The average molecular weight is 422 g/mol. The minimum atomic E-state index is -3.67. The Labute approximate surface area is 173 Å². The Balaban J connectivity index is 1.65. The van der Waals surface area contributed by atoms with Gasteiger partial charge < -0.3 is 10.2 Å². The van der Waals surface area contributed by atoms with Gasteiger partial charge in [-0.3, -0.25) is 9.59 Å². The number of sulfonamides is 1. The number of benzene rings is 1. The van der Waals surface area contributed by atoms with Gasteiger partial charge in [-0.05, 0) is 55.9 Å². The van der Waals surface area contributed by atoms with Crippen molar-refractivity contribution in [1.82, 2.24) is 9.62 Å². The molecule has 3 rings (SSSR count). The van der Waals surface area contributed by atoms with E-state index in [9.17, 15) is 18.0 Å². The summed E-state index contributed by atoms with van der Waals surface area (Å²) in [5.74, 6) is 0.209. The molecule has 2 amide bonds. The van der Waals surface area contributed by atoms with Gasteiger partial charge in [0, 0.05) is 38.3 Å². The van der Waals surface area contributed by atoms with Crippen LogP contribution in [0.5, 0.6) is 0 Å². The molecular weight excluding hydrogens is 390 g/mol.